The van der Waals surface area contributed by atoms with Crippen LogP contribution < -0.4 is 4.74 Å². The van der Waals surface area contributed by atoms with E-state index >= 15 is 0 Å². The average molecular weight is 397 g/mol. The van der Waals surface area contributed by atoms with Gasteiger partial charge in [-0.3, -0.25) is 9.55 Å². The second kappa shape index (κ2) is 7.80. The van der Waals surface area contributed by atoms with Gasteiger partial charge in [-0.1, -0.05) is 0 Å². The molecule has 4 aromatic rings. The summed E-state index contributed by atoms with van der Waals surface area (Å²) in [5.41, 5.74) is 1.53. The molecule has 0 amide bonds. The summed E-state index contributed by atoms with van der Waals surface area (Å²) in [6.07, 6.45) is 4.92. The van der Waals surface area contributed by atoms with Crippen molar-refractivity contribution >= 4 is 23.3 Å². The lowest BCUT2D eigenvalue weighted by Gasteiger charge is -2.10. The van der Waals surface area contributed by atoms with E-state index in [9.17, 15) is 0 Å². The van der Waals surface area contributed by atoms with Gasteiger partial charge in [0.05, 0.1) is 18.5 Å². The molecule has 0 aliphatic carbocycles. The summed E-state index contributed by atoms with van der Waals surface area (Å²) in [7, 11) is 0. The summed E-state index contributed by atoms with van der Waals surface area (Å²) in [6.45, 7) is 4.44. The van der Waals surface area contributed by atoms with E-state index in [1.165, 1.54) is 23.3 Å². The van der Waals surface area contributed by atoms with Crippen molar-refractivity contribution in [1.82, 2.24) is 34.1 Å². The Kier molecular flexibility index (Phi) is 5.07. The minimum Gasteiger partial charge on any atom is -0.494 e. The van der Waals surface area contributed by atoms with Crippen LogP contribution in [0.2, 0.25) is 0 Å². The molecule has 0 saturated carbocycles. The van der Waals surface area contributed by atoms with Crippen molar-refractivity contribution in [1.29, 1.82) is 0 Å². The lowest BCUT2D eigenvalue weighted by atomic mass is 10.3. The van der Waals surface area contributed by atoms with E-state index in [4.69, 9.17) is 4.74 Å². The maximum atomic E-state index is 5.54. The van der Waals surface area contributed by atoms with Crippen LogP contribution in [-0.2, 0) is 0 Å². The van der Waals surface area contributed by atoms with E-state index in [0.717, 1.165) is 21.6 Å². The minimum atomic E-state index is 0.607. The van der Waals surface area contributed by atoms with Crippen LogP contribution >= 0.6 is 23.3 Å². The summed E-state index contributed by atoms with van der Waals surface area (Å²) in [6, 6.07) is 7.76. The number of aryl methyl sites for hydroxylation is 1. The zero-order valence-corrected chi connectivity index (χ0v) is 16.2. The third-order valence-corrected chi connectivity index (χ3v) is 5.31. The zero-order valence-electron chi connectivity index (χ0n) is 14.6. The first kappa shape index (κ1) is 17.6. The monoisotopic (exact) mass is 397 g/mol. The number of aromatic nitrogens is 7. The van der Waals surface area contributed by atoms with Crippen molar-refractivity contribution in [2.45, 2.75) is 23.3 Å². The van der Waals surface area contributed by atoms with Crippen molar-refractivity contribution in [2.75, 3.05) is 6.61 Å². The highest BCUT2D eigenvalue weighted by Crippen LogP contribution is 2.32. The van der Waals surface area contributed by atoms with Crippen LogP contribution in [0.1, 0.15) is 12.7 Å². The summed E-state index contributed by atoms with van der Waals surface area (Å²) in [5, 5.41) is 9.36. The van der Waals surface area contributed by atoms with E-state index < -0.39 is 0 Å². The lowest BCUT2D eigenvalue weighted by Crippen LogP contribution is -2.01. The van der Waals surface area contributed by atoms with Crippen LogP contribution in [0, 0.1) is 6.92 Å². The number of ether oxygens (including phenoxy) is 1. The molecule has 0 unspecified atom stereocenters. The predicted octanol–water partition coefficient (Wildman–Crippen LogP) is 3.43. The molecule has 3 aromatic heterocycles. The largest absolute Gasteiger partial charge is 0.494 e. The molecule has 0 N–H and O–H groups in total. The maximum absolute atomic E-state index is 5.54. The molecule has 0 atom stereocenters. The first-order chi connectivity index (χ1) is 13.2. The van der Waals surface area contributed by atoms with Crippen LogP contribution in [0.3, 0.4) is 0 Å². The SMILES string of the molecule is CCOc1ccc(-n2c(Sc3nc(C)ns3)nnc2-c2cnccn2)cc1. The highest BCUT2D eigenvalue weighted by atomic mass is 32.2. The Labute approximate surface area is 163 Å². The summed E-state index contributed by atoms with van der Waals surface area (Å²) >= 11 is 2.75. The van der Waals surface area contributed by atoms with Gasteiger partial charge in [-0.15, -0.1) is 10.2 Å². The molecule has 0 radical (unpaired) electrons. The van der Waals surface area contributed by atoms with Gasteiger partial charge in [0.25, 0.3) is 0 Å². The molecule has 0 spiro atoms. The average Bonchev–Trinajstić information content (AvgIpc) is 3.30. The van der Waals surface area contributed by atoms with Crippen LogP contribution in [0.15, 0.2) is 52.4 Å². The van der Waals surface area contributed by atoms with Gasteiger partial charge in [-0.25, -0.2) is 9.97 Å². The molecule has 3 heterocycles. The highest BCUT2D eigenvalue weighted by molar-refractivity contribution is 8.00. The fourth-order valence-electron chi connectivity index (χ4n) is 2.40. The van der Waals surface area contributed by atoms with Crippen LogP contribution in [0.5, 0.6) is 5.75 Å². The van der Waals surface area contributed by atoms with Crippen LogP contribution in [0.25, 0.3) is 17.2 Å². The van der Waals surface area contributed by atoms with E-state index in [1.54, 1.807) is 18.6 Å². The highest BCUT2D eigenvalue weighted by Gasteiger charge is 2.19. The molecule has 4 rings (SSSR count). The number of nitrogens with zero attached hydrogens (tertiary/aromatic N) is 7. The van der Waals surface area contributed by atoms with Crippen molar-refractivity contribution in [3.63, 3.8) is 0 Å². The quantitative estimate of drug-likeness (QED) is 0.489. The van der Waals surface area contributed by atoms with Gasteiger partial charge in [0.2, 0.25) is 5.16 Å². The standard InChI is InChI=1S/C17H15N7OS2/c1-3-25-13-6-4-12(5-7-13)24-15(14-10-18-8-9-19-14)21-22-16(24)26-17-20-11(2)23-27-17/h4-10H,3H2,1-2H3. The van der Waals surface area contributed by atoms with Crippen molar-refractivity contribution < 1.29 is 4.74 Å². The summed E-state index contributed by atoms with van der Waals surface area (Å²) in [5.74, 6) is 2.16. The van der Waals surface area contributed by atoms with Gasteiger partial charge < -0.3 is 4.74 Å². The van der Waals surface area contributed by atoms with Gasteiger partial charge in [0, 0.05) is 12.4 Å². The Morgan fingerprint density at radius 2 is 2.00 bits per heavy atom. The van der Waals surface area contributed by atoms with Gasteiger partial charge in [0.15, 0.2) is 10.2 Å². The normalized spacial score (nSPS) is 10.9. The fourth-order valence-corrected chi connectivity index (χ4v) is 4.01. The molecular formula is C17H15N7OS2. The second-order valence-corrected chi connectivity index (χ2v) is 7.33. The second-order valence-electron chi connectivity index (χ2n) is 5.37. The molecule has 8 nitrogen and oxygen atoms in total. The number of hydrogen-bond acceptors (Lipinski definition) is 9. The molecule has 0 bridgehead atoms. The molecule has 10 heteroatoms. The topological polar surface area (TPSA) is 91.5 Å². The van der Waals surface area contributed by atoms with Crippen LogP contribution in [0.4, 0.5) is 0 Å². The number of hydrogen-bond donors (Lipinski definition) is 0. The minimum absolute atomic E-state index is 0.607. The van der Waals surface area contributed by atoms with Crippen molar-refractivity contribution in [2.24, 2.45) is 0 Å². The smallest absolute Gasteiger partial charge is 0.203 e. The first-order valence-corrected chi connectivity index (χ1v) is 9.77. The van der Waals surface area contributed by atoms with E-state index in [-0.39, 0.29) is 0 Å². The molecule has 0 aliphatic heterocycles. The van der Waals surface area contributed by atoms with Gasteiger partial charge in [-0.2, -0.15) is 4.37 Å². The van der Waals surface area contributed by atoms with Gasteiger partial charge >= 0.3 is 0 Å². The molecule has 1 aromatic carbocycles. The Balaban J connectivity index is 1.79. The molecule has 0 aliphatic rings. The predicted molar refractivity (Wildman–Crippen MR) is 102 cm³/mol. The third kappa shape index (κ3) is 3.81. The van der Waals surface area contributed by atoms with Gasteiger partial charge in [-0.05, 0) is 61.4 Å². The fraction of sp³-hybridized carbons (Fsp3) is 0.176. The Bertz CT molecular complexity index is 1030. The maximum Gasteiger partial charge on any atom is 0.203 e. The van der Waals surface area contributed by atoms with Crippen molar-refractivity contribution in [3.8, 4) is 23.0 Å². The molecule has 136 valence electrons. The number of benzene rings is 1. The Morgan fingerprint density at radius 1 is 1.15 bits per heavy atom. The van der Waals surface area contributed by atoms with E-state index in [2.05, 4.69) is 29.5 Å². The van der Waals surface area contributed by atoms with E-state index in [0.29, 0.717) is 23.3 Å². The Hall–Kier alpha value is -2.85. The summed E-state index contributed by atoms with van der Waals surface area (Å²) in [4.78, 5) is 12.9. The Morgan fingerprint density at radius 3 is 2.67 bits per heavy atom. The molecule has 27 heavy (non-hydrogen) atoms. The van der Waals surface area contributed by atoms with Crippen LogP contribution in [-0.4, -0.2) is 40.7 Å². The molecule has 0 saturated heterocycles. The summed E-state index contributed by atoms with van der Waals surface area (Å²) < 4.78 is 12.5. The first-order valence-electron chi connectivity index (χ1n) is 8.18. The van der Waals surface area contributed by atoms with E-state index in [1.807, 2.05) is 42.7 Å². The molecular weight excluding hydrogens is 382 g/mol. The third-order valence-electron chi connectivity index (χ3n) is 3.52. The van der Waals surface area contributed by atoms with Gasteiger partial charge in [0.1, 0.15) is 17.3 Å². The number of rotatable bonds is 6. The van der Waals surface area contributed by atoms with Crippen molar-refractivity contribution in [3.05, 3.63) is 48.7 Å². The lowest BCUT2D eigenvalue weighted by molar-refractivity contribution is 0.340. The molecule has 0 fully saturated rings. The zero-order chi connectivity index (χ0) is 18.6.